The maximum absolute atomic E-state index is 12.0. The molecule has 1 heteroatoms. The second-order valence-corrected chi connectivity index (χ2v) is 7.12. The third-order valence-electron chi connectivity index (χ3n) is 4.76. The van der Waals surface area contributed by atoms with Gasteiger partial charge in [-0.2, -0.15) is 0 Å². The molecule has 0 saturated carbocycles. The van der Waals surface area contributed by atoms with E-state index in [4.69, 9.17) is 0 Å². The highest BCUT2D eigenvalue weighted by Crippen LogP contribution is 2.12. The molecule has 0 unspecified atom stereocenters. The maximum atomic E-state index is 12.0. The third-order valence-corrected chi connectivity index (χ3v) is 4.76. The lowest BCUT2D eigenvalue weighted by Crippen LogP contribution is -1.98. The van der Waals surface area contributed by atoms with E-state index in [1.54, 1.807) is 0 Å². The van der Waals surface area contributed by atoms with Gasteiger partial charge in [0, 0.05) is 12.0 Å². The quantitative estimate of drug-likeness (QED) is 0.169. The van der Waals surface area contributed by atoms with Crippen LogP contribution >= 0.6 is 0 Å². The van der Waals surface area contributed by atoms with Gasteiger partial charge in [-0.1, -0.05) is 101 Å². The smallest absolute Gasteiger partial charge is 0.162 e. The number of hydrogen-bond donors (Lipinski definition) is 0. The molecule has 1 nitrogen and oxygen atoms in total. The summed E-state index contributed by atoms with van der Waals surface area (Å²) in [5, 5.41) is 0. The minimum atomic E-state index is 0.290. The standard InChI is InChI=1S/C24H38O/c1-2-3-4-5-6-7-8-9-10-11-12-13-14-15-19-22-24(25)23-20-17-16-18-21-23/h9-10,16-18,20-21H,2-8,11-15,19,22H2,1H3/b10-9-. The van der Waals surface area contributed by atoms with Gasteiger partial charge in [0.15, 0.2) is 5.78 Å². The lowest BCUT2D eigenvalue weighted by atomic mass is 10.0. The van der Waals surface area contributed by atoms with Crippen LogP contribution < -0.4 is 0 Å². The fourth-order valence-corrected chi connectivity index (χ4v) is 3.12. The Morgan fingerprint density at radius 3 is 1.84 bits per heavy atom. The predicted molar refractivity (Wildman–Crippen MR) is 110 cm³/mol. The molecule has 0 bridgehead atoms. The van der Waals surface area contributed by atoms with E-state index in [1.165, 1.54) is 77.0 Å². The van der Waals surface area contributed by atoms with Gasteiger partial charge in [-0.3, -0.25) is 4.79 Å². The number of ketones is 1. The normalized spacial score (nSPS) is 11.2. The number of allylic oxidation sites excluding steroid dienone is 2. The topological polar surface area (TPSA) is 17.1 Å². The second kappa shape index (κ2) is 16.1. The molecule has 1 aromatic rings. The number of carbonyl (C=O) groups excluding carboxylic acids is 1. The van der Waals surface area contributed by atoms with Crippen LogP contribution in [0.5, 0.6) is 0 Å². The van der Waals surface area contributed by atoms with Gasteiger partial charge >= 0.3 is 0 Å². The van der Waals surface area contributed by atoms with Gasteiger partial charge in [0.2, 0.25) is 0 Å². The highest BCUT2D eigenvalue weighted by atomic mass is 16.1. The average Bonchev–Trinajstić information content (AvgIpc) is 2.65. The van der Waals surface area contributed by atoms with Crippen LogP contribution in [-0.4, -0.2) is 5.78 Å². The van der Waals surface area contributed by atoms with Gasteiger partial charge in [-0.05, 0) is 32.1 Å². The van der Waals surface area contributed by atoms with Crippen LogP contribution in [-0.2, 0) is 0 Å². The van der Waals surface area contributed by atoms with E-state index < -0.39 is 0 Å². The Balaban J connectivity index is 1.84. The van der Waals surface area contributed by atoms with Crippen molar-refractivity contribution in [1.29, 1.82) is 0 Å². The molecule has 0 aromatic heterocycles. The summed E-state index contributed by atoms with van der Waals surface area (Å²) in [6.07, 6.45) is 22.3. The number of benzene rings is 1. The zero-order valence-electron chi connectivity index (χ0n) is 16.3. The minimum Gasteiger partial charge on any atom is -0.294 e. The first-order chi connectivity index (χ1) is 12.3. The number of Topliss-reactive ketones (excluding diaryl/α,β-unsaturated/α-hetero) is 1. The molecule has 0 heterocycles. The van der Waals surface area contributed by atoms with E-state index in [-0.39, 0.29) is 0 Å². The largest absolute Gasteiger partial charge is 0.294 e. The average molecular weight is 343 g/mol. The van der Waals surface area contributed by atoms with Crippen LogP contribution in [0.2, 0.25) is 0 Å². The monoisotopic (exact) mass is 342 g/mol. The molecule has 0 aliphatic carbocycles. The van der Waals surface area contributed by atoms with Crippen LogP contribution in [0.3, 0.4) is 0 Å². The highest BCUT2D eigenvalue weighted by Gasteiger charge is 2.03. The van der Waals surface area contributed by atoms with Crippen LogP contribution in [0.25, 0.3) is 0 Å². The van der Waals surface area contributed by atoms with Gasteiger partial charge in [-0.15, -0.1) is 0 Å². The molecule has 0 amide bonds. The summed E-state index contributed by atoms with van der Waals surface area (Å²) in [5.41, 5.74) is 0.859. The molecule has 0 aliphatic heterocycles. The zero-order valence-corrected chi connectivity index (χ0v) is 16.3. The van der Waals surface area contributed by atoms with Crippen molar-refractivity contribution in [3.8, 4) is 0 Å². The fraction of sp³-hybridized carbons (Fsp3) is 0.625. The van der Waals surface area contributed by atoms with Crippen LogP contribution in [0, 0.1) is 0 Å². The Labute approximate surface area is 155 Å². The molecular weight excluding hydrogens is 304 g/mol. The Morgan fingerprint density at radius 1 is 0.720 bits per heavy atom. The van der Waals surface area contributed by atoms with Crippen molar-refractivity contribution >= 4 is 5.78 Å². The van der Waals surface area contributed by atoms with Crippen molar-refractivity contribution < 1.29 is 4.79 Å². The molecule has 0 radical (unpaired) electrons. The van der Waals surface area contributed by atoms with Gasteiger partial charge in [0.05, 0.1) is 0 Å². The first-order valence-corrected chi connectivity index (χ1v) is 10.6. The Morgan fingerprint density at radius 2 is 1.24 bits per heavy atom. The summed E-state index contributed by atoms with van der Waals surface area (Å²) in [6, 6.07) is 9.67. The van der Waals surface area contributed by atoms with E-state index >= 15 is 0 Å². The summed E-state index contributed by atoms with van der Waals surface area (Å²) < 4.78 is 0. The molecule has 25 heavy (non-hydrogen) atoms. The van der Waals surface area contributed by atoms with Crippen LogP contribution in [0.4, 0.5) is 0 Å². The third kappa shape index (κ3) is 12.6. The first kappa shape index (κ1) is 21.7. The number of unbranched alkanes of at least 4 members (excludes halogenated alkanes) is 11. The molecule has 0 N–H and O–H groups in total. The Kier molecular flexibility index (Phi) is 14.0. The summed E-state index contributed by atoms with van der Waals surface area (Å²) in [4.78, 5) is 12.0. The molecule has 0 aliphatic rings. The summed E-state index contributed by atoms with van der Waals surface area (Å²) >= 11 is 0. The van der Waals surface area contributed by atoms with E-state index in [9.17, 15) is 4.79 Å². The maximum Gasteiger partial charge on any atom is 0.162 e. The number of rotatable bonds is 16. The Hall–Kier alpha value is -1.37. The SMILES string of the molecule is CCCCCCCC/C=C\CCCCCCCC(=O)c1ccccc1. The molecular formula is C24H38O. The molecule has 140 valence electrons. The van der Waals surface area contributed by atoms with Crippen LogP contribution in [0.1, 0.15) is 107 Å². The summed E-state index contributed by atoms with van der Waals surface area (Å²) in [5.74, 6) is 0.290. The lowest BCUT2D eigenvalue weighted by molar-refractivity contribution is 0.0979. The highest BCUT2D eigenvalue weighted by molar-refractivity contribution is 5.95. The molecule has 0 saturated heterocycles. The van der Waals surface area contributed by atoms with E-state index in [0.717, 1.165) is 12.0 Å². The van der Waals surface area contributed by atoms with Crippen LogP contribution in [0.15, 0.2) is 42.5 Å². The predicted octanol–water partition coefficient (Wildman–Crippen LogP) is 7.91. The number of carbonyl (C=O) groups is 1. The van der Waals surface area contributed by atoms with E-state index in [0.29, 0.717) is 12.2 Å². The van der Waals surface area contributed by atoms with Crippen molar-refractivity contribution in [2.45, 2.75) is 96.8 Å². The first-order valence-electron chi connectivity index (χ1n) is 10.6. The second-order valence-electron chi connectivity index (χ2n) is 7.12. The van der Waals surface area contributed by atoms with Gasteiger partial charge in [0.25, 0.3) is 0 Å². The summed E-state index contributed by atoms with van der Waals surface area (Å²) in [6.45, 7) is 2.27. The zero-order chi connectivity index (χ0) is 18.0. The van der Waals surface area contributed by atoms with Crippen molar-refractivity contribution in [2.75, 3.05) is 0 Å². The van der Waals surface area contributed by atoms with Crippen molar-refractivity contribution in [2.24, 2.45) is 0 Å². The van der Waals surface area contributed by atoms with Gasteiger partial charge in [-0.25, -0.2) is 0 Å². The van der Waals surface area contributed by atoms with Crippen molar-refractivity contribution in [3.63, 3.8) is 0 Å². The Bertz CT molecular complexity index is 446. The van der Waals surface area contributed by atoms with Crippen molar-refractivity contribution in [3.05, 3.63) is 48.0 Å². The van der Waals surface area contributed by atoms with Crippen molar-refractivity contribution in [1.82, 2.24) is 0 Å². The van der Waals surface area contributed by atoms with E-state index in [2.05, 4.69) is 19.1 Å². The summed E-state index contributed by atoms with van der Waals surface area (Å²) in [7, 11) is 0. The lowest BCUT2D eigenvalue weighted by Gasteiger charge is -2.01. The van der Waals surface area contributed by atoms with Gasteiger partial charge in [0.1, 0.15) is 0 Å². The molecule has 1 aromatic carbocycles. The minimum absolute atomic E-state index is 0.290. The molecule has 1 rings (SSSR count). The molecule has 0 atom stereocenters. The fourth-order valence-electron chi connectivity index (χ4n) is 3.12. The molecule has 0 spiro atoms. The van der Waals surface area contributed by atoms with Gasteiger partial charge < -0.3 is 0 Å². The van der Waals surface area contributed by atoms with E-state index in [1.807, 2.05) is 30.3 Å². The number of hydrogen-bond acceptors (Lipinski definition) is 1. The molecule has 0 fully saturated rings.